The number of carbonyl (C=O) groups is 3. The molecule has 6 rings (SSSR count). The van der Waals surface area contributed by atoms with Gasteiger partial charge in [-0.1, -0.05) is 20.8 Å². The van der Waals surface area contributed by atoms with E-state index in [2.05, 4.69) is 5.32 Å². The van der Waals surface area contributed by atoms with Crippen molar-refractivity contribution in [3.05, 3.63) is 39.7 Å². The van der Waals surface area contributed by atoms with Gasteiger partial charge >= 0.3 is 18.0 Å². The molecule has 0 bridgehead atoms. The molecule has 5 heterocycles. The first-order valence-electron chi connectivity index (χ1n) is 28.1. The number of nitrogens with zero attached hydrogens (tertiary/aromatic N) is 3. The quantitative estimate of drug-likeness (QED) is 0.0737. The van der Waals surface area contributed by atoms with Crippen LogP contribution < -0.4 is 10.7 Å². The molecule has 0 saturated carbocycles. The summed E-state index contributed by atoms with van der Waals surface area (Å²) in [5.41, 5.74) is -3.67. The number of methoxy groups -OCH3 is 1. The van der Waals surface area contributed by atoms with Crippen molar-refractivity contribution in [1.29, 1.82) is 0 Å². The molecule has 0 spiro atoms. The number of benzene rings is 1. The van der Waals surface area contributed by atoms with Crippen LogP contribution in [0.2, 0.25) is 0 Å². The minimum Gasteiger partial charge on any atom is -0.477 e. The molecule has 6 N–H and O–H groups in total. The Morgan fingerprint density at radius 1 is 0.962 bits per heavy atom. The monoisotopic (exact) mass is 1140 g/mol. The lowest BCUT2D eigenvalue weighted by Crippen LogP contribution is -2.61. The Morgan fingerprint density at radius 2 is 1.66 bits per heavy atom. The molecule has 21 nitrogen and oxygen atoms in total. The second-order valence-electron chi connectivity index (χ2n) is 23.9. The van der Waals surface area contributed by atoms with Crippen molar-refractivity contribution in [3.63, 3.8) is 0 Å². The van der Waals surface area contributed by atoms with Crippen molar-refractivity contribution in [2.75, 3.05) is 60.3 Å². The molecule has 22 heteroatoms. The molecule has 4 aliphatic heterocycles. The number of carboxylic acid groups (broad SMARTS) is 1. The fraction of sp³-hybridized carbons (Fsp3) is 0.789. The summed E-state index contributed by atoms with van der Waals surface area (Å²) in [6.45, 7) is 20.5. The topological polar surface area (TPSA) is 267 Å². The van der Waals surface area contributed by atoms with Gasteiger partial charge < -0.3 is 83.1 Å². The lowest BCUT2D eigenvalue weighted by atomic mass is 9.77. The van der Waals surface area contributed by atoms with E-state index in [4.69, 9.17) is 37.9 Å². The van der Waals surface area contributed by atoms with E-state index in [1.165, 1.54) is 32.0 Å². The van der Waals surface area contributed by atoms with Crippen molar-refractivity contribution < 1.29 is 77.8 Å². The maximum Gasteiger partial charge on any atom is 0.407 e. The predicted molar refractivity (Wildman–Crippen MR) is 296 cm³/mol. The summed E-state index contributed by atoms with van der Waals surface area (Å²) in [4.78, 5) is 57.8. The van der Waals surface area contributed by atoms with Gasteiger partial charge in [0.2, 0.25) is 5.43 Å². The molecule has 0 aliphatic carbocycles. The Labute approximate surface area is 470 Å². The van der Waals surface area contributed by atoms with E-state index >= 15 is 0 Å². The molecule has 2 aromatic rings. The van der Waals surface area contributed by atoms with Gasteiger partial charge in [-0.2, -0.15) is 0 Å². The highest BCUT2D eigenvalue weighted by molar-refractivity contribution is 7.99. The summed E-state index contributed by atoms with van der Waals surface area (Å²) in [7, 11) is 7.05. The molecule has 0 radical (unpaired) electrons. The number of thioether (sulfide) groups is 1. The number of pyridine rings is 1. The van der Waals surface area contributed by atoms with E-state index in [0.717, 1.165) is 28.8 Å². The van der Waals surface area contributed by atoms with Gasteiger partial charge in [-0.25, -0.2) is 9.59 Å². The van der Waals surface area contributed by atoms with E-state index in [0.29, 0.717) is 30.7 Å². The second-order valence-corrected chi connectivity index (χ2v) is 25.1. The van der Waals surface area contributed by atoms with Crippen molar-refractivity contribution >= 4 is 40.7 Å². The van der Waals surface area contributed by atoms with E-state index in [-0.39, 0.29) is 62.1 Å². The third-order valence-corrected chi connectivity index (χ3v) is 18.1. The largest absolute Gasteiger partial charge is 0.477 e. The summed E-state index contributed by atoms with van der Waals surface area (Å²) in [6.07, 6.45) is -6.96. The van der Waals surface area contributed by atoms with Gasteiger partial charge in [0.25, 0.3) is 0 Å². The number of rotatable bonds is 16. The van der Waals surface area contributed by atoms with Crippen LogP contribution in [0.4, 0.5) is 4.79 Å². The Kier molecular flexibility index (Phi) is 22.0. The molecule has 1 amide bonds. The van der Waals surface area contributed by atoms with Gasteiger partial charge in [0.15, 0.2) is 18.7 Å². The molecule has 79 heavy (non-hydrogen) atoms. The Bertz CT molecular complexity index is 2460. The molecule has 1 unspecified atom stereocenters. The third-order valence-electron chi connectivity index (χ3n) is 17.1. The fourth-order valence-corrected chi connectivity index (χ4v) is 13.3. The Hall–Kier alpha value is -3.49. The van der Waals surface area contributed by atoms with Crippen LogP contribution in [0.25, 0.3) is 10.9 Å². The zero-order valence-electron chi connectivity index (χ0n) is 49.1. The average Bonchev–Trinajstić information content (AvgIpc) is 3.56. The zero-order chi connectivity index (χ0) is 58.6. The highest BCUT2D eigenvalue weighted by Gasteiger charge is 2.54. The number of aromatic nitrogens is 1. The molecule has 3 fully saturated rings. The standard InChI is InChI=1S/C57H92N4O17S/c1-16-42-57(11,70)48(64)35(7)60(14)28-30(2)26-55(9,69)49(77-53-46(63)41(59(12)13)23-32(4)73-53)33(5)47(34(6)52(67)75-42)76-43-27-56(10,71-15)50(36(8)74-43)78-54(68)58-19-20-72-21-22-79-38-24-37-18-17-31(3)61-29-40(51(65)66)45(62)39(25-38)44(37)61/h24-25,29-36,41-43,46-50,53,63-64,69-70H,16-23,26-28H2,1-15H3,(H,58,68)(H,65,66)/t30-,31?,32-,33+,34-,35-,36+,41+,42-,43+,46-,47+,48-,49-,50+,53+,55-,56-,57-/m1/s1. The second kappa shape index (κ2) is 26.8. The Balaban J connectivity index is 1.15. The summed E-state index contributed by atoms with van der Waals surface area (Å²) >= 11 is 1.49. The van der Waals surface area contributed by atoms with Crippen LogP contribution in [-0.4, -0.2) is 209 Å². The van der Waals surface area contributed by atoms with Crippen LogP contribution in [0.3, 0.4) is 0 Å². The highest BCUT2D eigenvalue weighted by Crippen LogP contribution is 2.41. The first kappa shape index (κ1) is 64.7. The normalized spacial score (nSPS) is 38.2. The first-order chi connectivity index (χ1) is 37.0. The Morgan fingerprint density at radius 3 is 2.30 bits per heavy atom. The van der Waals surface area contributed by atoms with Crippen LogP contribution in [0, 0.1) is 17.8 Å². The van der Waals surface area contributed by atoms with Crippen LogP contribution in [-0.2, 0) is 49.1 Å². The number of aromatic carboxylic acids is 1. The number of ether oxygens (including phenoxy) is 8. The number of esters is 1. The molecule has 1 aromatic carbocycles. The summed E-state index contributed by atoms with van der Waals surface area (Å²) in [6, 6.07) is 2.95. The van der Waals surface area contributed by atoms with Gasteiger partial charge in [0.05, 0.1) is 54.7 Å². The van der Waals surface area contributed by atoms with Crippen molar-refractivity contribution in [2.45, 2.75) is 216 Å². The molecular weight excluding hydrogens is 1040 g/mol. The van der Waals surface area contributed by atoms with Gasteiger partial charge in [-0.3, -0.25) is 9.59 Å². The minimum absolute atomic E-state index is 0.0143. The van der Waals surface area contributed by atoms with Crippen LogP contribution in [0.15, 0.2) is 28.0 Å². The SMILES string of the molecule is CC[C@H]1OC(=O)[C@H](C)[C@@H](O[C@H]2C[C@@](C)(OC)[C@@H](OC(=O)NCCOCCSc3cc4c5c(c3)c(=O)c(C(=O)O)cn5C(C)CC4)[C@H](C)O2)[C@H](C)[C@@H](O[C@@H]2O[C@H](C)C[C@H](N(C)C)[C@H]2O)[C@](C)(O)C[C@@H](C)CN(C)[C@H](C)[C@@H](O)[C@]1(C)O. The first-order valence-corrected chi connectivity index (χ1v) is 29.1. The number of alkyl carbamates (subject to hydrolysis) is 1. The molecule has 448 valence electrons. The number of carboxylic acids is 1. The maximum absolute atomic E-state index is 14.6. The number of nitrogens with one attached hydrogen (secondary N) is 1. The van der Waals surface area contributed by atoms with Crippen LogP contribution >= 0.6 is 11.8 Å². The highest BCUT2D eigenvalue weighted by atomic mass is 32.2. The smallest absolute Gasteiger partial charge is 0.407 e. The van der Waals surface area contributed by atoms with E-state index in [1.54, 1.807) is 54.5 Å². The van der Waals surface area contributed by atoms with Crippen molar-refractivity contribution in [3.8, 4) is 0 Å². The van der Waals surface area contributed by atoms with Gasteiger partial charge in [-0.05, 0) is 132 Å². The van der Waals surface area contributed by atoms with Gasteiger partial charge in [0.1, 0.15) is 35.1 Å². The predicted octanol–water partition coefficient (Wildman–Crippen LogP) is 4.96. The number of cyclic esters (lactones) is 1. The molecule has 1 aromatic heterocycles. The summed E-state index contributed by atoms with van der Waals surface area (Å²) in [5, 5.41) is 61.0. The number of likely N-dealkylation sites (N-methyl/N-ethyl adjacent to an activating group) is 2. The maximum atomic E-state index is 14.6. The number of aliphatic hydroxyl groups excluding tert-OH is 2. The zero-order valence-corrected chi connectivity index (χ0v) is 49.9. The van der Waals surface area contributed by atoms with E-state index < -0.39 is 113 Å². The van der Waals surface area contributed by atoms with Crippen molar-refractivity contribution in [2.24, 2.45) is 17.8 Å². The molecular formula is C57H92N4O17S. The number of amides is 1. The van der Waals surface area contributed by atoms with Gasteiger partial charge in [-0.15, -0.1) is 11.8 Å². The average molecular weight is 1140 g/mol. The summed E-state index contributed by atoms with van der Waals surface area (Å²) < 4.78 is 52.4. The number of carbonyl (C=O) groups excluding carboxylic acids is 2. The van der Waals surface area contributed by atoms with Crippen LogP contribution in [0.1, 0.15) is 130 Å². The van der Waals surface area contributed by atoms with E-state index in [9.17, 15) is 44.7 Å². The number of hydrogen-bond acceptors (Lipinski definition) is 19. The number of hydrogen-bond donors (Lipinski definition) is 6. The minimum atomic E-state index is -1.87. The summed E-state index contributed by atoms with van der Waals surface area (Å²) in [5.74, 6) is -3.62. The fourth-order valence-electron chi connectivity index (χ4n) is 12.5. The van der Waals surface area contributed by atoms with E-state index in [1.807, 2.05) is 62.3 Å². The molecule has 3 saturated heterocycles. The van der Waals surface area contributed by atoms with Crippen LogP contribution in [0.5, 0.6) is 0 Å². The number of aliphatic hydroxyl groups is 4. The van der Waals surface area contributed by atoms with Crippen molar-refractivity contribution in [1.82, 2.24) is 19.7 Å². The number of aryl methyl sites for hydroxylation is 1. The lowest BCUT2D eigenvalue weighted by molar-refractivity contribution is -0.317. The lowest BCUT2D eigenvalue weighted by Gasteiger charge is -2.49. The molecule has 4 aliphatic rings. The molecule has 19 atom stereocenters. The third kappa shape index (κ3) is 14.8. The van der Waals surface area contributed by atoms with Gasteiger partial charge in [0, 0.05) is 72.9 Å².